The first-order valence-corrected chi connectivity index (χ1v) is 11.3. The summed E-state index contributed by atoms with van der Waals surface area (Å²) in [5.74, 6) is -0.129. The second-order valence-corrected chi connectivity index (χ2v) is 9.22. The molecule has 5 heteroatoms. The van der Waals surface area contributed by atoms with E-state index in [4.69, 9.17) is 4.98 Å². The molecule has 5 rings (SSSR count). The van der Waals surface area contributed by atoms with Crippen LogP contribution in [0.4, 0.5) is 5.69 Å². The fourth-order valence-corrected chi connectivity index (χ4v) is 4.83. The number of nitrogens with one attached hydrogen (secondary N) is 1. The van der Waals surface area contributed by atoms with Crippen LogP contribution < -0.4 is 4.90 Å². The number of anilines is 1. The van der Waals surface area contributed by atoms with Crippen LogP contribution in [0.5, 0.6) is 0 Å². The molecule has 32 heavy (non-hydrogen) atoms. The summed E-state index contributed by atoms with van der Waals surface area (Å²) in [6.45, 7) is 6.17. The van der Waals surface area contributed by atoms with Gasteiger partial charge in [0.1, 0.15) is 11.8 Å². The highest BCUT2D eigenvalue weighted by Crippen LogP contribution is 2.42. The van der Waals surface area contributed by atoms with E-state index in [0.29, 0.717) is 0 Å². The summed E-state index contributed by atoms with van der Waals surface area (Å²) in [7, 11) is 0. The summed E-state index contributed by atoms with van der Waals surface area (Å²) < 4.78 is 0. The smallest absolute Gasteiger partial charge is 0.156 e. The van der Waals surface area contributed by atoms with Crippen molar-refractivity contribution in [3.8, 4) is 11.3 Å². The van der Waals surface area contributed by atoms with Crippen molar-refractivity contribution in [2.75, 3.05) is 18.0 Å². The van der Waals surface area contributed by atoms with Gasteiger partial charge in [-0.05, 0) is 30.5 Å². The van der Waals surface area contributed by atoms with E-state index in [1.807, 2.05) is 44.4 Å². The highest BCUT2D eigenvalue weighted by atomic mass is 16.1. The normalized spacial score (nSPS) is 15.2. The van der Waals surface area contributed by atoms with Crippen molar-refractivity contribution in [1.82, 2.24) is 15.0 Å². The molecule has 1 aliphatic heterocycles. The number of aromatic amines is 1. The predicted octanol–water partition coefficient (Wildman–Crippen LogP) is 5.58. The van der Waals surface area contributed by atoms with Gasteiger partial charge in [-0.25, -0.2) is 9.97 Å². The Labute approximate surface area is 188 Å². The van der Waals surface area contributed by atoms with Crippen molar-refractivity contribution in [2.24, 2.45) is 5.41 Å². The van der Waals surface area contributed by atoms with Gasteiger partial charge in [0.05, 0.1) is 11.9 Å². The first kappa shape index (κ1) is 20.4. The van der Waals surface area contributed by atoms with Gasteiger partial charge in [0, 0.05) is 47.4 Å². The van der Waals surface area contributed by atoms with Gasteiger partial charge in [-0.1, -0.05) is 56.3 Å². The number of nitrogens with zero attached hydrogens (tertiary/aromatic N) is 3. The third kappa shape index (κ3) is 3.68. The third-order valence-electron chi connectivity index (χ3n) is 6.52. The second-order valence-electron chi connectivity index (χ2n) is 9.22. The average Bonchev–Trinajstić information content (AvgIpc) is 3.50. The molecule has 1 fully saturated rings. The molecule has 1 saturated heterocycles. The average molecular weight is 425 g/mol. The summed E-state index contributed by atoms with van der Waals surface area (Å²) in [6.07, 6.45) is 7.32. The minimum Gasteiger partial charge on any atom is -0.372 e. The Morgan fingerprint density at radius 3 is 2.59 bits per heavy atom. The summed E-state index contributed by atoms with van der Waals surface area (Å²) >= 11 is 0. The highest BCUT2D eigenvalue weighted by Gasteiger charge is 2.34. The topological polar surface area (TPSA) is 61.9 Å². The van der Waals surface area contributed by atoms with Crippen LogP contribution in [0.2, 0.25) is 0 Å². The zero-order valence-corrected chi connectivity index (χ0v) is 18.6. The van der Waals surface area contributed by atoms with E-state index in [1.165, 1.54) is 18.5 Å². The van der Waals surface area contributed by atoms with Gasteiger partial charge in [0.2, 0.25) is 0 Å². The minimum absolute atomic E-state index is 0.129. The van der Waals surface area contributed by atoms with Crippen molar-refractivity contribution in [1.29, 1.82) is 0 Å². The van der Waals surface area contributed by atoms with Crippen molar-refractivity contribution in [3.05, 3.63) is 78.1 Å². The molecule has 2 aromatic carbocycles. The molecule has 0 amide bonds. The number of carbonyl (C=O) groups is 1. The molecule has 0 saturated carbocycles. The zero-order chi connectivity index (χ0) is 22.1. The van der Waals surface area contributed by atoms with E-state index in [2.05, 4.69) is 51.3 Å². The van der Waals surface area contributed by atoms with E-state index in [1.54, 1.807) is 0 Å². The van der Waals surface area contributed by atoms with Crippen LogP contribution in [-0.2, 0) is 4.79 Å². The van der Waals surface area contributed by atoms with Crippen LogP contribution in [-0.4, -0.2) is 34.3 Å². The van der Waals surface area contributed by atoms with Gasteiger partial charge in [0.25, 0.3) is 0 Å². The van der Waals surface area contributed by atoms with E-state index < -0.39 is 5.41 Å². The second kappa shape index (κ2) is 8.23. The lowest BCUT2D eigenvalue weighted by molar-refractivity contribution is -0.115. The van der Waals surface area contributed by atoms with Crippen molar-refractivity contribution >= 4 is 23.1 Å². The monoisotopic (exact) mass is 424 g/mol. The van der Waals surface area contributed by atoms with Crippen molar-refractivity contribution in [2.45, 2.75) is 32.6 Å². The number of fused-ring (bicyclic) bond motifs is 1. The minimum atomic E-state index is -0.593. The first-order valence-electron chi connectivity index (χ1n) is 11.3. The molecule has 2 aromatic heterocycles. The molecule has 1 atom stereocenters. The maximum absolute atomic E-state index is 12.1. The maximum atomic E-state index is 12.1. The van der Waals surface area contributed by atoms with Crippen molar-refractivity contribution in [3.63, 3.8) is 0 Å². The fourth-order valence-electron chi connectivity index (χ4n) is 4.83. The SMILES string of the molecule is CC(C)(C=O)C(c1ccccc1)c1c[nH]c2ncc(-c3cccc(N4CCCC4)c3)nc12. The molecule has 4 aromatic rings. The van der Waals surface area contributed by atoms with E-state index in [9.17, 15) is 4.79 Å². The molecule has 1 N–H and O–H groups in total. The van der Waals surface area contributed by atoms with Crippen molar-refractivity contribution < 1.29 is 4.79 Å². The van der Waals surface area contributed by atoms with Gasteiger partial charge in [0.15, 0.2) is 5.65 Å². The third-order valence-corrected chi connectivity index (χ3v) is 6.52. The molecular formula is C27H28N4O. The van der Waals surface area contributed by atoms with Crippen LogP contribution in [0, 0.1) is 5.41 Å². The predicted molar refractivity (Wildman–Crippen MR) is 129 cm³/mol. The first-order chi connectivity index (χ1) is 15.6. The van der Waals surface area contributed by atoms with E-state index in [0.717, 1.165) is 52.9 Å². The Kier molecular flexibility index (Phi) is 5.25. The Morgan fingerprint density at radius 2 is 1.84 bits per heavy atom. The van der Waals surface area contributed by atoms with Gasteiger partial charge < -0.3 is 14.7 Å². The lowest BCUT2D eigenvalue weighted by atomic mass is 9.72. The molecule has 0 aliphatic carbocycles. The van der Waals surface area contributed by atoms with Crippen LogP contribution in [0.15, 0.2) is 67.0 Å². The highest BCUT2D eigenvalue weighted by molar-refractivity contribution is 5.81. The molecule has 162 valence electrons. The summed E-state index contributed by atoms with van der Waals surface area (Å²) in [5, 5.41) is 0. The number of aromatic nitrogens is 3. The number of benzene rings is 2. The molecule has 0 spiro atoms. The van der Waals surface area contributed by atoms with Crippen LogP contribution in [0.3, 0.4) is 0 Å². The lowest BCUT2D eigenvalue weighted by Gasteiger charge is -2.29. The molecular weight excluding hydrogens is 396 g/mol. The number of hydrogen-bond donors (Lipinski definition) is 1. The van der Waals surface area contributed by atoms with Crippen LogP contribution in [0.25, 0.3) is 22.4 Å². The van der Waals surface area contributed by atoms with Gasteiger partial charge in [-0.2, -0.15) is 0 Å². The Morgan fingerprint density at radius 1 is 1.06 bits per heavy atom. The van der Waals surface area contributed by atoms with Crippen LogP contribution in [0.1, 0.15) is 43.7 Å². The number of hydrogen-bond acceptors (Lipinski definition) is 4. The number of H-pyrrole nitrogens is 1. The standard InChI is InChI=1S/C27H28N4O/c1-27(2,18-32)24(19-9-4-3-5-10-19)22-16-28-26-25(22)30-23(17-29-26)20-11-8-12-21(15-20)31-13-6-7-14-31/h3-5,8-12,15-18,24H,6-7,13-14H2,1-2H3,(H,28,29). The largest absolute Gasteiger partial charge is 0.372 e. The summed E-state index contributed by atoms with van der Waals surface area (Å²) in [6, 6.07) is 18.7. The molecule has 0 bridgehead atoms. The van der Waals surface area contributed by atoms with Gasteiger partial charge in [-0.3, -0.25) is 0 Å². The molecule has 1 aliphatic rings. The van der Waals surface area contributed by atoms with Crippen LogP contribution >= 0.6 is 0 Å². The molecule has 3 heterocycles. The molecule has 1 unspecified atom stereocenters. The number of aldehydes is 1. The summed E-state index contributed by atoms with van der Waals surface area (Å²) in [4.78, 5) is 27.5. The van der Waals surface area contributed by atoms with E-state index >= 15 is 0 Å². The zero-order valence-electron chi connectivity index (χ0n) is 18.6. The maximum Gasteiger partial charge on any atom is 0.156 e. The number of rotatable bonds is 6. The lowest BCUT2D eigenvalue weighted by Crippen LogP contribution is -2.24. The number of carbonyl (C=O) groups excluding carboxylic acids is 1. The molecule has 0 radical (unpaired) electrons. The Balaban J connectivity index is 1.61. The molecule has 5 nitrogen and oxygen atoms in total. The Bertz CT molecular complexity index is 1240. The summed E-state index contributed by atoms with van der Waals surface area (Å²) in [5.41, 5.74) is 6.18. The Hall–Kier alpha value is -3.47. The fraction of sp³-hybridized carbons (Fsp3) is 0.296. The van der Waals surface area contributed by atoms with Gasteiger partial charge in [-0.15, -0.1) is 0 Å². The van der Waals surface area contributed by atoms with E-state index in [-0.39, 0.29) is 5.92 Å². The van der Waals surface area contributed by atoms with Gasteiger partial charge >= 0.3 is 0 Å². The quantitative estimate of drug-likeness (QED) is 0.410.